The molecule has 0 aliphatic heterocycles. The zero-order chi connectivity index (χ0) is 16.0. The number of benzene rings is 1. The summed E-state index contributed by atoms with van der Waals surface area (Å²) >= 11 is 0. The highest BCUT2D eigenvalue weighted by atomic mass is 16.6. The predicted molar refractivity (Wildman–Crippen MR) is 73.3 cm³/mol. The highest BCUT2D eigenvalue weighted by Gasteiger charge is 2.24. The maximum Gasteiger partial charge on any atom is 0.279 e. The fourth-order valence-electron chi connectivity index (χ4n) is 1.73. The number of nitrogens with zero attached hydrogens (tertiary/aromatic N) is 2. The van der Waals surface area contributed by atoms with E-state index in [1.165, 1.54) is 14.0 Å². The molecule has 0 aliphatic carbocycles. The average Bonchev–Trinajstić information content (AvgIpc) is 2.43. The second-order valence-corrected chi connectivity index (χ2v) is 4.25. The Kier molecular flexibility index (Phi) is 5.73. The van der Waals surface area contributed by atoms with Gasteiger partial charge in [-0.05, 0) is 13.3 Å². The smallest absolute Gasteiger partial charge is 0.279 e. The summed E-state index contributed by atoms with van der Waals surface area (Å²) in [5, 5.41) is 24.2. The van der Waals surface area contributed by atoms with Crippen LogP contribution >= 0.6 is 0 Å². The molecule has 0 saturated carbocycles. The van der Waals surface area contributed by atoms with Crippen molar-refractivity contribution < 1.29 is 19.4 Å². The van der Waals surface area contributed by atoms with Gasteiger partial charge in [0, 0.05) is 31.9 Å². The number of hydrogen-bond donors (Lipinski definition) is 1. The van der Waals surface area contributed by atoms with E-state index < -0.39 is 27.1 Å². The normalized spacial score (nSPS) is 10.2. The van der Waals surface area contributed by atoms with Crippen LogP contribution in [0.5, 0.6) is 0 Å². The van der Waals surface area contributed by atoms with Gasteiger partial charge in [-0.3, -0.25) is 25.0 Å². The van der Waals surface area contributed by atoms with Crippen LogP contribution in [0.2, 0.25) is 0 Å². The van der Waals surface area contributed by atoms with Crippen molar-refractivity contribution in [3.63, 3.8) is 0 Å². The first-order valence-corrected chi connectivity index (χ1v) is 6.09. The lowest BCUT2D eigenvalue weighted by atomic mass is 10.0. The number of rotatable bonds is 7. The van der Waals surface area contributed by atoms with Gasteiger partial charge in [-0.25, -0.2) is 0 Å². The Morgan fingerprint density at radius 3 is 2.48 bits per heavy atom. The number of carbonyl (C=O) groups excluding carboxylic acids is 1. The fraction of sp³-hybridized carbons (Fsp3) is 0.417. The highest BCUT2D eigenvalue weighted by Crippen LogP contribution is 2.27. The first-order valence-electron chi connectivity index (χ1n) is 6.09. The molecule has 1 aromatic carbocycles. The Bertz CT molecular complexity index is 572. The molecule has 1 amide bonds. The largest absolute Gasteiger partial charge is 0.385 e. The van der Waals surface area contributed by atoms with Crippen LogP contribution in [0.15, 0.2) is 12.1 Å². The summed E-state index contributed by atoms with van der Waals surface area (Å²) in [6.07, 6.45) is 0.568. The third-order valence-electron chi connectivity index (χ3n) is 2.83. The molecule has 0 atom stereocenters. The van der Waals surface area contributed by atoms with E-state index in [0.29, 0.717) is 19.6 Å². The van der Waals surface area contributed by atoms with Crippen molar-refractivity contribution in [2.75, 3.05) is 20.3 Å². The van der Waals surface area contributed by atoms with E-state index in [9.17, 15) is 25.0 Å². The number of nitrogens with one attached hydrogen (secondary N) is 1. The fourth-order valence-corrected chi connectivity index (χ4v) is 1.73. The van der Waals surface area contributed by atoms with E-state index in [-0.39, 0.29) is 11.1 Å². The van der Waals surface area contributed by atoms with Crippen molar-refractivity contribution >= 4 is 17.3 Å². The highest BCUT2D eigenvalue weighted by molar-refractivity contribution is 5.97. The lowest BCUT2D eigenvalue weighted by Crippen LogP contribution is -2.26. The van der Waals surface area contributed by atoms with Crippen LogP contribution in [-0.2, 0) is 4.74 Å². The van der Waals surface area contributed by atoms with Crippen molar-refractivity contribution in [2.45, 2.75) is 13.3 Å². The van der Waals surface area contributed by atoms with Crippen molar-refractivity contribution in [1.29, 1.82) is 0 Å². The summed E-state index contributed by atoms with van der Waals surface area (Å²) in [5.74, 6) is -0.588. The number of nitro groups is 2. The van der Waals surface area contributed by atoms with Crippen LogP contribution in [0, 0.1) is 27.2 Å². The third kappa shape index (κ3) is 4.21. The minimum absolute atomic E-state index is 0.0756. The molecule has 21 heavy (non-hydrogen) atoms. The van der Waals surface area contributed by atoms with Gasteiger partial charge < -0.3 is 10.1 Å². The zero-order valence-corrected chi connectivity index (χ0v) is 11.6. The second kappa shape index (κ2) is 7.29. The van der Waals surface area contributed by atoms with Gasteiger partial charge in [0.15, 0.2) is 0 Å². The standard InChI is InChI=1S/C12H15N3O6/c1-8-10(12(16)13-4-3-5-21-2)6-9(14(17)18)7-11(8)15(19)20/h6-7H,3-5H2,1-2H3,(H,13,16). The number of nitro benzene ring substituents is 2. The monoisotopic (exact) mass is 297 g/mol. The number of ether oxygens (including phenoxy) is 1. The van der Waals surface area contributed by atoms with E-state index in [1.54, 1.807) is 0 Å². The van der Waals surface area contributed by atoms with Gasteiger partial charge in [0.1, 0.15) is 0 Å². The SMILES string of the molecule is COCCCNC(=O)c1cc([N+](=O)[O-])cc([N+](=O)[O-])c1C. The second-order valence-electron chi connectivity index (χ2n) is 4.25. The molecule has 0 spiro atoms. The maximum absolute atomic E-state index is 12.0. The molecule has 0 aromatic heterocycles. The van der Waals surface area contributed by atoms with E-state index in [2.05, 4.69) is 5.32 Å². The van der Waals surface area contributed by atoms with Crippen molar-refractivity contribution in [2.24, 2.45) is 0 Å². The number of carbonyl (C=O) groups is 1. The molecule has 0 aliphatic rings. The van der Waals surface area contributed by atoms with Gasteiger partial charge >= 0.3 is 0 Å². The summed E-state index contributed by atoms with van der Waals surface area (Å²) in [4.78, 5) is 32.2. The maximum atomic E-state index is 12.0. The Morgan fingerprint density at radius 1 is 1.29 bits per heavy atom. The van der Waals surface area contributed by atoms with Gasteiger partial charge in [-0.2, -0.15) is 0 Å². The van der Waals surface area contributed by atoms with E-state index in [0.717, 1.165) is 12.1 Å². The molecular formula is C12H15N3O6. The van der Waals surface area contributed by atoms with E-state index in [4.69, 9.17) is 4.74 Å². The molecule has 114 valence electrons. The Hall–Kier alpha value is -2.55. The number of amides is 1. The average molecular weight is 297 g/mol. The third-order valence-corrected chi connectivity index (χ3v) is 2.83. The van der Waals surface area contributed by atoms with Crippen LogP contribution in [-0.4, -0.2) is 36.0 Å². The van der Waals surface area contributed by atoms with E-state index in [1.807, 2.05) is 0 Å². The summed E-state index contributed by atoms with van der Waals surface area (Å²) in [6, 6.07) is 1.88. The first-order chi connectivity index (χ1) is 9.88. The molecule has 0 unspecified atom stereocenters. The van der Waals surface area contributed by atoms with E-state index >= 15 is 0 Å². The number of non-ortho nitro benzene ring substituents is 1. The lowest BCUT2D eigenvalue weighted by Gasteiger charge is -2.08. The molecule has 1 N–H and O–H groups in total. The van der Waals surface area contributed by atoms with Crippen LogP contribution in [0.25, 0.3) is 0 Å². The minimum Gasteiger partial charge on any atom is -0.385 e. The van der Waals surface area contributed by atoms with Crippen LogP contribution in [0.4, 0.5) is 11.4 Å². The Balaban J connectivity index is 3.07. The number of methoxy groups -OCH3 is 1. The Morgan fingerprint density at radius 2 is 1.95 bits per heavy atom. The molecule has 0 fully saturated rings. The number of hydrogen-bond acceptors (Lipinski definition) is 6. The summed E-state index contributed by atoms with van der Waals surface area (Å²) in [5.41, 5.74) is -0.927. The van der Waals surface area contributed by atoms with Crippen LogP contribution < -0.4 is 5.32 Å². The molecule has 9 heteroatoms. The van der Waals surface area contributed by atoms with Gasteiger partial charge in [0.2, 0.25) is 0 Å². The summed E-state index contributed by atoms with van der Waals surface area (Å²) in [6.45, 7) is 2.14. The molecular weight excluding hydrogens is 282 g/mol. The van der Waals surface area contributed by atoms with Crippen molar-refractivity contribution in [3.05, 3.63) is 43.5 Å². The van der Waals surface area contributed by atoms with Crippen molar-refractivity contribution in [3.8, 4) is 0 Å². The Labute approximate surface area is 120 Å². The van der Waals surface area contributed by atoms with Gasteiger partial charge in [0.25, 0.3) is 17.3 Å². The molecule has 0 heterocycles. The first kappa shape index (κ1) is 16.5. The summed E-state index contributed by atoms with van der Waals surface area (Å²) in [7, 11) is 1.52. The molecule has 0 bridgehead atoms. The quantitative estimate of drug-likeness (QED) is 0.462. The zero-order valence-electron chi connectivity index (χ0n) is 11.6. The van der Waals surface area contributed by atoms with Crippen LogP contribution in [0.1, 0.15) is 22.3 Å². The summed E-state index contributed by atoms with van der Waals surface area (Å²) < 4.78 is 4.82. The lowest BCUT2D eigenvalue weighted by molar-refractivity contribution is -0.394. The predicted octanol–water partition coefficient (Wildman–Crippen LogP) is 1.58. The molecule has 0 radical (unpaired) electrons. The van der Waals surface area contributed by atoms with Gasteiger partial charge in [0.05, 0.1) is 21.5 Å². The van der Waals surface area contributed by atoms with Gasteiger partial charge in [-0.1, -0.05) is 0 Å². The van der Waals surface area contributed by atoms with Gasteiger partial charge in [-0.15, -0.1) is 0 Å². The van der Waals surface area contributed by atoms with Crippen LogP contribution in [0.3, 0.4) is 0 Å². The molecule has 1 rings (SSSR count). The molecule has 0 saturated heterocycles. The van der Waals surface area contributed by atoms with Crippen molar-refractivity contribution in [1.82, 2.24) is 5.32 Å². The minimum atomic E-state index is -0.770. The molecule has 1 aromatic rings. The molecule has 9 nitrogen and oxygen atoms in total. The topological polar surface area (TPSA) is 125 Å².